The van der Waals surface area contributed by atoms with E-state index in [4.69, 9.17) is 48.0 Å². The van der Waals surface area contributed by atoms with Gasteiger partial charge in [-0.15, -0.1) is 0 Å². The monoisotopic (exact) mass is 422 g/mol. The van der Waals surface area contributed by atoms with Crippen LogP contribution < -0.4 is 0 Å². The van der Waals surface area contributed by atoms with Crippen molar-refractivity contribution < 1.29 is 26.2 Å². The van der Waals surface area contributed by atoms with E-state index in [1.54, 1.807) is 19.9 Å². The third kappa shape index (κ3) is 4.41. The van der Waals surface area contributed by atoms with Gasteiger partial charge in [-0.2, -0.15) is 8.42 Å². The van der Waals surface area contributed by atoms with E-state index in [0.717, 1.165) is 0 Å². The molecule has 1 fully saturated rings. The van der Waals surface area contributed by atoms with Crippen LogP contribution in [0.2, 0.25) is 0 Å². The Balaban J connectivity index is 2.37. The molecule has 0 bridgehead atoms. The van der Waals surface area contributed by atoms with Crippen molar-refractivity contribution >= 4 is 52.5 Å². The second kappa shape index (κ2) is 6.81. The molecule has 0 saturated carbocycles. The van der Waals surface area contributed by atoms with Crippen LogP contribution in [-0.2, 0) is 27.9 Å². The SMILES string of the molecule is C[C@@H]1OP(=O)([C@H](OS(=O)(=O)c2ccccc2)C(Cl)(Cl)Cl)O[C@H]1C. The Labute approximate surface area is 149 Å². The Bertz CT molecular complexity index is 691. The van der Waals surface area contributed by atoms with Gasteiger partial charge >= 0.3 is 7.60 Å². The molecule has 1 aromatic rings. The molecule has 130 valence electrons. The summed E-state index contributed by atoms with van der Waals surface area (Å²) < 4.78 is 50.5. The minimum absolute atomic E-state index is 0.175. The molecule has 0 unspecified atom stereocenters. The van der Waals surface area contributed by atoms with E-state index in [-0.39, 0.29) is 4.90 Å². The molecule has 1 saturated heterocycles. The van der Waals surface area contributed by atoms with Crippen LogP contribution >= 0.6 is 42.4 Å². The van der Waals surface area contributed by atoms with Gasteiger partial charge in [0.2, 0.25) is 9.64 Å². The third-order valence-corrected chi connectivity index (χ3v) is 7.91. The molecular formula is C12H14Cl3O6PS. The lowest BCUT2D eigenvalue weighted by Crippen LogP contribution is -2.31. The lowest BCUT2D eigenvalue weighted by molar-refractivity contribution is 0.187. The van der Waals surface area contributed by atoms with Gasteiger partial charge in [0.1, 0.15) is 0 Å². The Hall–Kier alpha value is 0.150. The van der Waals surface area contributed by atoms with E-state index in [1.165, 1.54) is 24.3 Å². The van der Waals surface area contributed by atoms with Crippen molar-refractivity contribution in [2.24, 2.45) is 0 Å². The van der Waals surface area contributed by atoms with Crippen molar-refractivity contribution in [2.75, 3.05) is 0 Å². The van der Waals surface area contributed by atoms with Crippen molar-refractivity contribution in [3.05, 3.63) is 30.3 Å². The van der Waals surface area contributed by atoms with Gasteiger partial charge in [0.15, 0.2) is 0 Å². The summed E-state index contributed by atoms with van der Waals surface area (Å²) in [5, 5.41) is 0. The number of hydrogen-bond donors (Lipinski definition) is 0. The first-order chi connectivity index (χ1) is 10.5. The van der Waals surface area contributed by atoms with Gasteiger partial charge in [0.25, 0.3) is 10.1 Å². The molecular weight excluding hydrogens is 410 g/mol. The standard InChI is InChI=1S/C12H14Cl3O6PS/c1-8-9(2)20-22(16,19-8)11(12(13,14)15)21-23(17,18)10-6-4-3-5-7-10/h3-9,11H,1-2H3/t8-,9-,11-/m0/s1. The van der Waals surface area contributed by atoms with Crippen molar-refractivity contribution in [1.29, 1.82) is 0 Å². The number of alkyl halides is 3. The predicted octanol–water partition coefficient (Wildman–Crippen LogP) is 4.11. The first-order valence-electron chi connectivity index (χ1n) is 6.47. The third-order valence-electron chi connectivity index (χ3n) is 3.10. The molecule has 3 atom stereocenters. The molecule has 2 rings (SSSR count). The summed E-state index contributed by atoms with van der Waals surface area (Å²) in [5.74, 6) is -1.93. The number of benzene rings is 1. The minimum Gasteiger partial charge on any atom is -0.301 e. The van der Waals surface area contributed by atoms with Crippen LogP contribution in [0.5, 0.6) is 0 Å². The molecule has 0 aromatic heterocycles. The summed E-state index contributed by atoms with van der Waals surface area (Å²) in [6, 6.07) is 7.20. The van der Waals surface area contributed by atoms with Crippen LogP contribution in [0.4, 0.5) is 0 Å². The lowest BCUT2D eigenvalue weighted by atomic mass is 10.3. The van der Waals surface area contributed by atoms with Crippen molar-refractivity contribution in [2.45, 2.75) is 40.6 Å². The highest BCUT2D eigenvalue weighted by Gasteiger charge is 2.57. The second-order valence-electron chi connectivity index (χ2n) is 4.92. The minimum atomic E-state index is -4.34. The average molecular weight is 424 g/mol. The van der Waals surface area contributed by atoms with Gasteiger partial charge in [-0.3, -0.25) is 4.57 Å². The molecule has 0 amide bonds. The Morgan fingerprint density at radius 2 is 1.61 bits per heavy atom. The van der Waals surface area contributed by atoms with Crippen LogP contribution in [0, 0.1) is 0 Å². The molecule has 0 radical (unpaired) electrons. The first-order valence-corrected chi connectivity index (χ1v) is 10.6. The van der Waals surface area contributed by atoms with E-state index >= 15 is 0 Å². The van der Waals surface area contributed by atoms with E-state index in [0.29, 0.717) is 0 Å². The number of halogens is 3. The molecule has 0 N–H and O–H groups in total. The van der Waals surface area contributed by atoms with E-state index in [2.05, 4.69) is 0 Å². The molecule has 0 aliphatic carbocycles. The van der Waals surface area contributed by atoms with Crippen LogP contribution in [0.1, 0.15) is 13.8 Å². The van der Waals surface area contributed by atoms with Crippen LogP contribution in [0.3, 0.4) is 0 Å². The van der Waals surface area contributed by atoms with Crippen LogP contribution in [0.25, 0.3) is 0 Å². The fraction of sp³-hybridized carbons (Fsp3) is 0.500. The topological polar surface area (TPSA) is 78.9 Å². The fourth-order valence-electron chi connectivity index (χ4n) is 1.82. The zero-order valence-corrected chi connectivity index (χ0v) is 16.0. The van der Waals surface area contributed by atoms with Crippen molar-refractivity contribution in [3.63, 3.8) is 0 Å². The summed E-state index contributed by atoms with van der Waals surface area (Å²) in [5.41, 5.74) is 0. The Kier molecular flexibility index (Phi) is 5.76. The number of hydrogen-bond acceptors (Lipinski definition) is 6. The Morgan fingerprint density at radius 3 is 2.04 bits per heavy atom. The fourth-order valence-corrected chi connectivity index (χ4v) is 6.83. The van der Waals surface area contributed by atoms with Crippen molar-refractivity contribution in [1.82, 2.24) is 0 Å². The molecule has 6 nitrogen and oxygen atoms in total. The predicted molar refractivity (Wildman–Crippen MR) is 87.5 cm³/mol. The normalized spacial score (nSPS) is 26.1. The van der Waals surface area contributed by atoms with E-state index in [9.17, 15) is 13.0 Å². The van der Waals surface area contributed by atoms with Crippen LogP contribution in [0.15, 0.2) is 35.2 Å². The van der Waals surface area contributed by atoms with Crippen molar-refractivity contribution in [3.8, 4) is 0 Å². The zero-order valence-electron chi connectivity index (χ0n) is 12.1. The van der Waals surface area contributed by atoms with Gasteiger partial charge in [-0.25, -0.2) is 4.18 Å². The largest absolute Gasteiger partial charge is 0.365 e. The average Bonchev–Trinajstić information content (AvgIpc) is 2.70. The van der Waals surface area contributed by atoms with Gasteiger partial charge in [0.05, 0.1) is 17.1 Å². The highest BCUT2D eigenvalue weighted by atomic mass is 35.6. The maximum Gasteiger partial charge on any atom is 0.365 e. The van der Waals surface area contributed by atoms with Gasteiger partial charge < -0.3 is 9.05 Å². The molecule has 1 aliphatic rings. The number of rotatable bonds is 4. The smallest absolute Gasteiger partial charge is 0.301 e. The summed E-state index contributed by atoms with van der Waals surface area (Å²) >= 11 is 17.3. The summed E-state index contributed by atoms with van der Waals surface area (Å²) in [7, 11) is -8.47. The van der Waals surface area contributed by atoms with Crippen LogP contribution in [-0.4, -0.2) is 30.3 Å². The van der Waals surface area contributed by atoms with Gasteiger partial charge in [-0.05, 0) is 26.0 Å². The molecule has 23 heavy (non-hydrogen) atoms. The van der Waals surface area contributed by atoms with Gasteiger partial charge in [0, 0.05) is 0 Å². The van der Waals surface area contributed by atoms with E-state index < -0.39 is 39.6 Å². The zero-order chi connectivity index (χ0) is 17.5. The summed E-state index contributed by atoms with van der Waals surface area (Å²) in [4.78, 5) is -0.175. The molecule has 1 aromatic carbocycles. The summed E-state index contributed by atoms with van der Waals surface area (Å²) in [6.07, 6.45) is -1.14. The van der Waals surface area contributed by atoms with Gasteiger partial charge in [-0.1, -0.05) is 53.0 Å². The molecule has 1 aliphatic heterocycles. The maximum atomic E-state index is 12.8. The molecule has 1 heterocycles. The maximum absolute atomic E-state index is 12.8. The van der Waals surface area contributed by atoms with E-state index in [1.807, 2.05) is 0 Å². The molecule has 11 heteroatoms. The first kappa shape index (κ1) is 19.5. The summed E-state index contributed by atoms with van der Waals surface area (Å²) in [6.45, 7) is 3.21. The Morgan fingerprint density at radius 1 is 1.13 bits per heavy atom. The highest BCUT2D eigenvalue weighted by Crippen LogP contribution is 2.65. The second-order valence-corrected chi connectivity index (χ2v) is 10.8. The highest BCUT2D eigenvalue weighted by molar-refractivity contribution is 7.87. The molecule has 0 spiro atoms. The lowest BCUT2D eigenvalue weighted by Gasteiger charge is -2.27. The quantitative estimate of drug-likeness (QED) is 0.412.